The molecule has 0 spiro atoms. The minimum Gasteiger partial charge on any atom is -0.363 e. The molecule has 4 heteroatoms. The van der Waals surface area contributed by atoms with Crippen molar-refractivity contribution in [1.29, 1.82) is 0 Å². The van der Waals surface area contributed by atoms with Crippen molar-refractivity contribution >= 4 is 11.6 Å². The van der Waals surface area contributed by atoms with Crippen LogP contribution in [-0.2, 0) is 0 Å². The highest BCUT2D eigenvalue weighted by molar-refractivity contribution is 5.50. The maximum Gasteiger partial charge on any atom is 0.134 e. The lowest BCUT2D eigenvalue weighted by molar-refractivity contribution is 0.726. The summed E-state index contributed by atoms with van der Waals surface area (Å²) in [6.45, 7) is 6.34. The Balaban J connectivity index is 1.77. The van der Waals surface area contributed by atoms with Gasteiger partial charge in [0.25, 0.3) is 0 Å². The van der Waals surface area contributed by atoms with Crippen molar-refractivity contribution in [2.45, 2.75) is 45.6 Å². The van der Waals surface area contributed by atoms with Gasteiger partial charge < -0.3 is 10.2 Å². The van der Waals surface area contributed by atoms with Crippen LogP contribution in [-0.4, -0.2) is 23.1 Å². The highest BCUT2D eigenvalue weighted by atomic mass is 15.2. The number of hydrogen-bond acceptors (Lipinski definition) is 4. The Bertz CT molecular complexity index is 619. The van der Waals surface area contributed by atoms with Crippen molar-refractivity contribution in [3.05, 3.63) is 47.8 Å². The van der Waals surface area contributed by atoms with Gasteiger partial charge in [0.1, 0.15) is 17.5 Å². The van der Waals surface area contributed by atoms with Crippen molar-refractivity contribution in [3.63, 3.8) is 0 Å². The smallest absolute Gasteiger partial charge is 0.134 e. The summed E-state index contributed by atoms with van der Waals surface area (Å²) >= 11 is 0. The Morgan fingerprint density at radius 1 is 1.00 bits per heavy atom. The molecule has 4 nitrogen and oxygen atoms in total. The van der Waals surface area contributed by atoms with Crippen LogP contribution in [0.4, 0.5) is 11.6 Å². The number of aromatic nitrogens is 2. The topological polar surface area (TPSA) is 41.1 Å². The van der Waals surface area contributed by atoms with Gasteiger partial charge in [-0.1, -0.05) is 43.2 Å². The Morgan fingerprint density at radius 3 is 2.39 bits per heavy atom. The molecule has 1 fully saturated rings. The molecule has 0 aliphatic carbocycles. The van der Waals surface area contributed by atoms with Crippen LogP contribution in [0.3, 0.4) is 0 Å². The fourth-order valence-electron chi connectivity index (χ4n) is 3.13. The predicted octanol–water partition coefficient (Wildman–Crippen LogP) is 4.34. The third-order valence-corrected chi connectivity index (χ3v) is 4.42. The van der Waals surface area contributed by atoms with Gasteiger partial charge in [0.2, 0.25) is 0 Å². The van der Waals surface area contributed by atoms with E-state index < -0.39 is 0 Å². The number of hydrogen-bond donors (Lipinski definition) is 1. The first-order valence-corrected chi connectivity index (χ1v) is 8.64. The second kappa shape index (κ2) is 7.44. The zero-order valence-corrected chi connectivity index (χ0v) is 14.1. The highest BCUT2D eigenvalue weighted by Gasteiger charge is 2.14. The SMILES string of the molecule is Cc1nc(NC(C)c2ccccc2)cc(N2CCCCCC2)n1. The van der Waals surface area contributed by atoms with E-state index in [1.54, 1.807) is 0 Å². The third kappa shape index (κ3) is 4.21. The van der Waals surface area contributed by atoms with Crippen LogP contribution in [0.2, 0.25) is 0 Å². The molecular formula is C19H26N4. The molecule has 0 bridgehead atoms. The molecule has 1 aliphatic heterocycles. The first kappa shape index (κ1) is 15.8. The summed E-state index contributed by atoms with van der Waals surface area (Å²) in [5.41, 5.74) is 1.26. The lowest BCUT2D eigenvalue weighted by Crippen LogP contribution is -2.25. The summed E-state index contributed by atoms with van der Waals surface area (Å²) in [6.07, 6.45) is 5.17. The molecule has 0 radical (unpaired) electrons. The van der Waals surface area contributed by atoms with Gasteiger partial charge in [-0.25, -0.2) is 9.97 Å². The van der Waals surface area contributed by atoms with Crippen molar-refractivity contribution in [2.75, 3.05) is 23.3 Å². The minimum atomic E-state index is 0.225. The Labute approximate surface area is 139 Å². The van der Waals surface area contributed by atoms with Crippen LogP contribution in [0.15, 0.2) is 36.4 Å². The number of aryl methyl sites for hydroxylation is 1. The molecule has 0 amide bonds. The van der Waals surface area contributed by atoms with Crippen LogP contribution in [0, 0.1) is 6.92 Å². The van der Waals surface area contributed by atoms with Crippen LogP contribution < -0.4 is 10.2 Å². The number of nitrogens with zero attached hydrogens (tertiary/aromatic N) is 3. The van der Waals surface area contributed by atoms with Crippen molar-refractivity contribution < 1.29 is 0 Å². The summed E-state index contributed by atoms with van der Waals surface area (Å²) in [5.74, 6) is 2.80. The molecule has 1 aromatic carbocycles. The van der Waals surface area contributed by atoms with E-state index >= 15 is 0 Å². The zero-order chi connectivity index (χ0) is 16.1. The van der Waals surface area contributed by atoms with Gasteiger partial charge in [0.05, 0.1) is 0 Å². The summed E-state index contributed by atoms with van der Waals surface area (Å²) in [5, 5.41) is 3.52. The predicted molar refractivity (Wildman–Crippen MR) is 95.9 cm³/mol. The van der Waals surface area contributed by atoms with Crippen molar-refractivity contribution in [1.82, 2.24) is 9.97 Å². The maximum atomic E-state index is 4.65. The van der Waals surface area contributed by atoms with E-state index in [0.29, 0.717) is 0 Å². The first-order chi connectivity index (χ1) is 11.2. The maximum absolute atomic E-state index is 4.65. The standard InChI is InChI=1S/C19H26N4/c1-15(17-10-6-5-7-11-17)20-18-14-19(22-16(2)21-18)23-12-8-3-4-9-13-23/h5-7,10-11,14-15H,3-4,8-9,12-13H2,1-2H3,(H,20,21,22). The molecule has 1 saturated heterocycles. The second-order valence-corrected chi connectivity index (χ2v) is 6.34. The van der Waals surface area contributed by atoms with Gasteiger partial charge in [0.15, 0.2) is 0 Å². The lowest BCUT2D eigenvalue weighted by Gasteiger charge is -2.23. The average Bonchev–Trinajstić information content (AvgIpc) is 2.84. The minimum absolute atomic E-state index is 0.225. The summed E-state index contributed by atoms with van der Waals surface area (Å²) in [4.78, 5) is 11.6. The van der Waals surface area contributed by atoms with Gasteiger partial charge in [0, 0.05) is 25.2 Å². The largest absolute Gasteiger partial charge is 0.363 e. The summed E-state index contributed by atoms with van der Waals surface area (Å²) in [7, 11) is 0. The van der Waals surface area contributed by atoms with Crippen LogP contribution >= 0.6 is 0 Å². The van der Waals surface area contributed by atoms with Gasteiger partial charge in [-0.05, 0) is 32.3 Å². The fourth-order valence-corrected chi connectivity index (χ4v) is 3.13. The summed E-state index contributed by atoms with van der Waals surface area (Å²) in [6, 6.07) is 12.8. The van der Waals surface area contributed by atoms with E-state index in [4.69, 9.17) is 0 Å². The van der Waals surface area contributed by atoms with Crippen LogP contribution in [0.5, 0.6) is 0 Å². The Hall–Kier alpha value is -2.10. The van der Waals surface area contributed by atoms with E-state index in [-0.39, 0.29) is 6.04 Å². The molecule has 1 atom stereocenters. The zero-order valence-electron chi connectivity index (χ0n) is 14.1. The Kier molecular flexibility index (Phi) is 5.11. The normalized spacial score (nSPS) is 16.7. The summed E-state index contributed by atoms with van der Waals surface area (Å²) < 4.78 is 0. The van der Waals surface area contributed by atoms with Crippen molar-refractivity contribution in [2.24, 2.45) is 0 Å². The van der Waals surface area contributed by atoms with Crippen molar-refractivity contribution in [3.8, 4) is 0 Å². The van der Waals surface area contributed by atoms with Crippen LogP contribution in [0.25, 0.3) is 0 Å². The highest BCUT2D eigenvalue weighted by Crippen LogP contribution is 2.23. The van der Waals surface area contributed by atoms with E-state index in [1.807, 2.05) is 13.0 Å². The van der Waals surface area contributed by atoms with E-state index in [2.05, 4.69) is 57.4 Å². The van der Waals surface area contributed by atoms with Gasteiger partial charge >= 0.3 is 0 Å². The first-order valence-electron chi connectivity index (χ1n) is 8.64. The van der Waals surface area contributed by atoms with Gasteiger partial charge in [-0.15, -0.1) is 0 Å². The quantitative estimate of drug-likeness (QED) is 0.912. The monoisotopic (exact) mass is 310 g/mol. The number of rotatable bonds is 4. The molecule has 1 aliphatic rings. The molecule has 122 valence electrons. The van der Waals surface area contributed by atoms with E-state index in [9.17, 15) is 0 Å². The molecule has 1 aromatic heterocycles. The molecule has 0 saturated carbocycles. The number of benzene rings is 1. The molecule has 1 N–H and O–H groups in total. The molecule has 2 aromatic rings. The van der Waals surface area contributed by atoms with E-state index in [0.717, 1.165) is 30.5 Å². The van der Waals surface area contributed by atoms with Gasteiger partial charge in [-0.3, -0.25) is 0 Å². The average molecular weight is 310 g/mol. The van der Waals surface area contributed by atoms with E-state index in [1.165, 1.54) is 31.2 Å². The van der Waals surface area contributed by atoms with Gasteiger partial charge in [-0.2, -0.15) is 0 Å². The molecule has 1 unspecified atom stereocenters. The number of nitrogens with one attached hydrogen (secondary N) is 1. The fraction of sp³-hybridized carbons (Fsp3) is 0.474. The third-order valence-electron chi connectivity index (χ3n) is 4.42. The molecule has 2 heterocycles. The molecule has 3 rings (SSSR count). The number of anilines is 2. The second-order valence-electron chi connectivity index (χ2n) is 6.34. The Morgan fingerprint density at radius 2 is 1.70 bits per heavy atom. The lowest BCUT2D eigenvalue weighted by atomic mass is 10.1. The molecule has 23 heavy (non-hydrogen) atoms. The van der Waals surface area contributed by atoms with Crippen LogP contribution in [0.1, 0.15) is 50.0 Å². The molecular weight excluding hydrogens is 284 g/mol.